The van der Waals surface area contributed by atoms with Gasteiger partial charge in [-0.25, -0.2) is 13.9 Å². The third-order valence-corrected chi connectivity index (χ3v) is 2.53. The number of hydrogen-bond acceptors (Lipinski definition) is 5. The van der Waals surface area contributed by atoms with Crippen molar-refractivity contribution in [2.45, 2.75) is 26.5 Å². The van der Waals surface area contributed by atoms with E-state index < -0.39 is 5.97 Å². The van der Waals surface area contributed by atoms with Crippen molar-refractivity contribution in [1.82, 2.24) is 15.0 Å². The summed E-state index contributed by atoms with van der Waals surface area (Å²) in [7, 11) is 0. The number of anilines is 1. The molecule has 7 heteroatoms. The zero-order valence-corrected chi connectivity index (χ0v) is 11.2. The van der Waals surface area contributed by atoms with Crippen LogP contribution in [0.2, 0.25) is 0 Å². The lowest BCUT2D eigenvalue weighted by Crippen LogP contribution is -2.14. The molecule has 20 heavy (non-hydrogen) atoms. The summed E-state index contributed by atoms with van der Waals surface area (Å²) >= 11 is 0. The standard InChI is InChI=1S/C13H15FN4O2/c1-8(2)20-13(19)11-12(15)18(17-16-11)7-9-4-3-5-10(14)6-9/h3-6,8H,7,15H2,1-2H3. The molecule has 0 fully saturated rings. The van der Waals surface area contributed by atoms with Gasteiger partial charge in [0, 0.05) is 0 Å². The summed E-state index contributed by atoms with van der Waals surface area (Å²) in [5.74, 6) is -0.872. The first-order valence-electron chi connectivity index (χ1n) is 6.11. The van der Waals surface area contributed by atoms with Crippen molar-refractivity contribution in [3.8, 4) is 0 Å². The largest absolute Gasteiger partial charge is 0.458 e. The molecule has 1 heterocycles. The van der Waals surface area contributed by atoms with Gasteiger partial charge in [-0.1, -0.05) is 17.3 Å². The molecule has 2 aromatic rings. The van der Waals surface area contributed by atoms with Gasteiger partial charge in [-0.2, -0.15) is 0 Å². The Morgan fingerprint density at radius 1 is 1.50 bits per heavy atom. The number of nitrogen functional groups attached to an aromatic ring is 1. The first-order chi connectivity index (χ1) is 9.47. The predicted molar refractivity (Wildman–Crippen MR) is 70.5 cm³/mol. The van der Waals surface area contributed by atoms with E-state index in [1.54, 1.807) is 26.0 Å². The molecule has 0 unspecified atom stereocenters. The molecule has 0 aliphatic heterocycles. The summed E-state index contributed by atoms with van der Waals surface area (Å²) in [4.78, 5) is 11.7. The molecule has 0 saturated carbocycles. The van der Waals surface area contributed by atoms with E-state index >= 15 is 0 Å². The van der Waals surface area contributed by atoms with Crippen LogP contribution in [0.1, 0.15) is 29.9 Å². The minimum Gasteiger partial charge on any atom is -0.458 e. The number of rotatable bonds is 4. The highest BCUT2D eigenvalue weighted by atomic mass is 19.1. The van der Waals surface area contributed by atoms with Crippen LogP contribution in [0, 0.1) is 5.82 Å². The van der Waals surface area contributed by atoms with Crippen molar-refractivity contribution >= 4 is 11.8 Å². The molecule has 0 bridgehead atoms. The van der Waals surface area contributed by atoms with Crippen LogP contribution in [0.25, 0.3) is 0 Å². The van der Waals surface area contributed by atoms with E-state index in [9.17, 15) is 9.18 Å². The van der Waals surface area contributed by atoms with Gasteiger partial charge >= 0.3 is 5.97 Å². The molecule has 2 N–H and O–H groups in total. The van der Waals surface area contributed by atoms with Gasteiger partial charge in [0.25, 0.3) is 0 Å². The zero-order valence-electron chi connectivity index (χ0n) is 11.2. The molecule has 0 spiro atoms. The average molecular weight is 278 g/mol. The number of nitrogens with two attached hydrogens (primary N) is 1. The number of halogens is 1. The zero-order chi connectivity index (χ0) is 14.7. The number of hydrogen-bond donors (Lipinski definition) is 1. The molecule has 0 amide bonds. The van der Waals surface area contributed by atoms with E-state index in [1.165, 1.54) is 16.8 Å². The maximum Gasteiger partial charge on any atom is 0.363 e. The Balaban J connectivity index is 2.19. The molecule has 0 aliphatic carbocycles. The average Bonchev–Trinajstić information content (AvgIpc) is 2.70. The van der Waals surface area contributed by atoms with Crippen LogP contribution in [0.15, 0.2) is 24.3 Å². The van der Waals surface area contributed by atoms with Crippen molar-refractivity contribution < 1.29 is 13.9 Å². The second-order valence-corrected chi connectivity index (χ2v) is 4.56. The Hall–Kier alpha value is -2.44. The van der Waals surface area contributed by atoms with Gasteiger partial charge in [-0.05, 0) is 31.5 Å². The molecule has 1 aromatic carbocycles. The fourth-order valence-electron chi connectivity index (χ4n) is 1.66. The molecule has 6 nitrogen and oxygen atoms in total. The van der Waals surface area contributed by atoms with Crippen LogP contribution in [-0.2, 0) is 11.3 Å². The van der Waals surface area contributed by atoms with Crippen molar-refractivity contribution in [3.63, 3.8) is 0 Å². The second-order valence-electron chi connectivity index (χ2n) is 4.56. The van der Waals surface area contributed by atoms with Gasteiger partial charge in [-0.3, -0.25) is 0 Å². The Kier molecular flexibility index (Phi) is 3.97. The number of ether oxygens (including phenoxy) is 1. The van der Waals surface area contributed by atoms with E-state index in [2.05, 4.69) is 10.3 Å². The fourth-order valence-corrected chi connectivity index (χ4v) is 1.66. The monoisotopic (exact) mass is 278 g/mol. The van der Waals surface area contributed by atoms with Gasteiger partial charge in [0.15, 0.2) is 5.82 Å². The normalized spacial score (nSPS) is 10.8. The molecule has 106 valence electrons. The Bertz CT molecular complexity index is 625. The highest BCUT2D eigenvalue weighted by Gasteiger charge is 2.19. The first kappa shape index (κ1) is 14.0. The van der Waals surface area contributed by atoms with Gasteiger partial charge in [0.2, 0.25) is 5.69 Å². The molecule has 2 rings (SSSR count). The smallest absolute Gasteiger partial charge is 0.363 e. The SMILES string of the molecule is CC(C)OC(=O)c1nnn(Cc2cccc(F)c2)c1N. The Labute approximate surface area is 115 Å². The van der Waals surface area contributed by atoms with E-state index in [1.807, 2.05) is 0 Å². The summed E-state index contributed by atoms with van der Waals surface area (Å²) in [6.45, 7) is 3.68. The van der Waals surface area contributed by atoms with Gasteiger partial charge < -0.3 is 10.5 Å². The number of carbonyl (C=O) groups is 1. The number of benzene rings is 1. The van der Waals surface area contributed by atoms with E-state index in [-0.39, 0.29) is 30.0 Å². The maximum atomic E-state index is 13.1. The van der Waals surface area contributed by atoms with Crippen molar-refractivity contribution in [1.29, 1.82) is 0 Å². The third kappa shape index (κ3) is 3.11. The topological polar surface area (TPSA) is 83.0 Å². The molecular weight excluding hydrogens is 263 g/mol. The predicted octanol–water partition coefficient (Wildman–Crippen LogP) is 1.61. The summed E-state index contributed by atoms with van der Waals surface area (Å²) < 4.78 is 19.4. The molecular formula is C13H15FN4O2. The fraction of sp³-hybridized carbons (Fsp3) is 0.308. The van der Waals surface area contributed by atoms with Crippen LogP contribution in [0.3, 0.4) is 0 Å². The number of nitrogens with zero attached hydrogens (tertiary/aromatic N) is 3. The minimum absolute atomic E-state index is 0.0323. The number of esters is 1. The lowest BCUT2D eigenvalue weighted by molar-refractivity contribution is 0.0372. The quantitative estimate of drug-likeness (QED) is 0.859. The molecule has 0 radical (unpaired) electrons. The third-order valence-electron chi connectivity index (χ3n) is 2.53. The van der Waals surface area contributed by atoms with Crippen LogP contribution in [0.5, 0.6) is 0 Å². The van der Waals surface area contributed by atoms with Crippen molar-refractivity contribution in [2.75, 3.05) is 5.73 Å². The summed E-state index contributed by atoms with van der Waals surface area (Å²) in [5.41, 5.74) is 6.45. The van der Waals surface area contributed by atoms with E-state index in [0.717, 1.165) is 0 Å². The summed E-state index contributed by atoms with van der Waals surface area (Å²) in [5, 5.41) is 7.49. The van der Waals surface area contributed by atoms with Crippen LogP contribution < -0.4 is 5.73 Å². The van der Waals surface area contributed by atoms with Crippen molar-refractivity contribution in [3.05, 3.63) is 41.3 Å². The molecule has 0 atom stereocenters. The minimum atomic E-state index is -0.622. The van der Waals surface area contributed by atoms with Crippen molar-refractivity contribution in [2.24, 2.45) is 0 Å². The highest BCUT2D eigenvalue weighted by Crippen LogP contribution is 2.13. The van der Waals surface area contributed by atoms with Gasteiger partial charge in [-0.15, -0.1) is 5.10 Å². The summed E-state index contributed by atoms with van der Waals surface area (Å²) in [6, 6.07) is 6.04. The Morgan fingerprint density at radius 3 is 2.90 bits per heavy atom. The molecule has 0 aliphatic rings. The lowest BCUT2D eigenvalue weighted by Gasteiger charge is -2.06. The summed E-state index contributed by atoms with van der Waals surface area (Å²) in [6.07, 6.45) is -0.268. The Morgan fingerprint density at radius 2 is 2.25 bits per heavy atom. The highest BCUT2D eigenvalue weighted by molar-refractivity contribution is 5.91. The lowest BCUT2D eigenvalue weighted by atomic mass is 10.2. The van der Waals surface area contributed by atoms with Gasteiger partial charge in [0.05, 0.1) is 12.6 Å². The maximum absolute atomic E-state index is 13.1. The number of aromatic nitrogens is 3. The van der Waals surface area contributed by atoms with E-state index in [0.29, 0.717) is 5.56 Å². The van der Waals surface area contributed by atoms with Crippen LogP contribution in [0.4, 0.5) is 10.2 Å². The first-order valence-corrected chi connectivity index (χ1v) is 6.11. The van der Waals surface area contributed by atoms with E-state index in [4.69, 9.17) is 10.5 Å². The van der Waals surface area contributed by atoms with Gasteiger partial charge in [0.1, 0.15) is 5.82 Å². The molecule has 0 saturated heterocycles. The molecule has 1 aromatic heterocycles. The number of carbonyl (C=O) groups excluding carboxylic acids is 1. The van der Waals surface area contributed by atoms with Crippen LogP contribution >= 0.6 is 0 Å². The van der Waals surface area contributed by atoms with Crippen LogP contribution in [-0.4, -0.2) is 27.1 Å². The second kappa shape index (κ2) is 5.68.